The van der Waals surface area contributed by atoms with Crippen LogP contribution in [0.5, 0.6) is 0 Å². The average Bonchev–Trinajstić information content (AvgIpc) is 3.05. The Kier molecular flexibility index (Phi) is 5.59. The van der Waals surface area contributed by atoms with Crippen LogP contribution in [-0.2, 0) is 11.3 Å². The monoisotopic (exact) mass is 284 g/mol. The summed E-state index contributed by atoms with van der Waals surface area (Å²) in [6, 6.07) is 0.369. The second-order valence-corrected chi connectivity index (χ2v) is 5.57. The van der Waals surface area contributed by atoms with Crippen molar-refractivity contribution in [3.8, 4) is 0 Å². The Morgan fingerprint density at radius 1 is 1.47 bits per heavy atom. The molecule has 1 aromatic heterocycles. The van der Waals surface area contributed by atoms with Crippen molar-refractivity contribution in [1.29, 1.82) is 0 Å². The maximum absolute atomic E-state index is 11.8. The second kappa shape index (κ2) is 7.44. The molecule has 0 unspecified atom stereocenters. The van der Waals surface area contributed by atoms with Crippen LogP contribution in [0.3, 0.4) is 0 Å². The van der Waals surface area contributed by atoms with Gasteiger partial charge in [-0.3, -0.25) is 4.79 Å². The van der Waals surface area contributed by atoms with Gasteiger partial charge in [-0.2, -0.15) is 0 Å². The number of nitrogens with zero attached hydrogens (tertiary/aromatic N) is 4. The van der Waals surface area contributed by atoms with Gasteiger partial charge in [0.25, 0.3) is 0 Å². The Morgan fingerprint density at radius 3 is 3.00 bits per heavy atom. The van der Waals surface area contributed by atoms with Gasteiger partial charge in [-0.25, -0.2) is 4.68 Å². The van der Waals surface area contributed by atoms with E-state index in [0.29, 0.717) is 23.5 Å². The van der Waals surface area contributed by atoms with E-state index in [0.717, 1.165) is 19.4 Å². The third-order valence-corrected chi connectivity index (χ3v) is 4.08. The summed E-state index contributed by atoms with van der Waals surface area (Å²) in [7, 11) is 1.88. The number of thioether (sulfide) groups is 1. The van der Waals surface area contributed by atoms with Gasteiger partial charge < -0.3 is 10.6 Å². The largest absolute Gasteiger partial charge is 0.353 e. The van der Waals surface area contributed by atoms with Crippen molar-refractivity contribution in [2.24, 2.45) is 0 Å². The predicted molar refractivity (Wildman–Crippen MR) is 72.9 cm³/mol. The van der Waals surface area contributed by atoms with E-state index in [2.05, 4.69) is 26.2 Å². The molecule has 0 aromatic carbocycles. The van der Waals surface area contributed by atoms with Gasteiger partial charge in [0.1, 0.15) is 0 Å². The summed E-state index contributed by atoms with van der Waals surface area (Å²) in [4.78, 5) is 11.8. The molecule has 1 saturated carbocycles. The Bertz CT molecular complexity index is 404. The van der Waals surface area contributed by atoms with Crippen molar-refractivity contribution in [2.75, 3.05) is 19.3 Å². The van der Waals surface area contributed by atoms with Crippen LogP contribution in [0.4, 0.5) is 0 Å². The van der Waals surface area contributed by atoms with E-state index in [1.165, 1.54) is 24.6 Å². The molecule has 1 aromatic rings. The first kappa shape index (κ1) is 14.3. The molecule has 2 rings (SSSR count). The zero-order valence-electron chi connectivity index (χ0n) is 11.1. The Labute approximate surface area is 116 Å². The Balaban J connectivity index is 1.74. The van der Waals surface area contributed by atoms with Gasteiger partial charge in [0, 0.05) is 12.6 Å². The van der Waals surface area contributed by atoms with Crippen molar-refractivity contribution in [2.45, 2.75) is 43.4 Å². The van der Waals surface area contributed by atoms with Gasteiger partial charge >= 0.3 is 0 Å². The zero-order chi connectivity index (χ0) is 13.5. The molecule has 0 bridgehead atoms. The predicted octanol–water partition coefficient (Wildman–Crippen LogP) is 0.0434. The smallest absolute Gasteiger partial charge is 0.230 e. The summed E-state index contributed by atoms with van der Waals surface area (Å²) in [5, 5.41) is 18.3. The minimum atomic E-state index is 0.0695. The van der Waals surface area contributed by atoms with Crippen LogP contribution < -0.4 is 10.6 Å². The number of rotatable bonds is 7. The van der Waals surface area contributed by atoms with Crippen LogP contribution in [0.15, 0.2) is 5.16 Å². The van der Waals surface area contributed by atoms with Gasteiger partial charge in [0.2, 0.25) is 11.1 Å². The van der Waals surface area contributed by atoms with Crippen LogP contribution in [0.1, 0.15) is 25.7 Å². The summed E-state index contributed by atoms with van der Waals surface area (Å²) < 4.78 is 1.71. The number of likely N-dealkylation sites (N-methyl/N-ethyl adjacent to an activating group) is 1. The summed E-state index contributed by atoms with van der Waals surface area (Å²) >= 11 is 1.38. The minimum Gasteiger partial charge on any atom is -0.353 e. The molecule has 0 radical (unpaired) electrons. The highest BCUT2D eigenvalue weighted by atomic mass is 32.2. The molecule has 2 N–H and O–H groups in total. The first-order valence-electron chi connectivity index (χ1n) is 6.62. The van der Waals surface area contributed by atoms with Crippen molar-refractivity contribution in [3.05, 3.63) is 0 Å². The van der Waals surface area contributed by atoms with Crippen molar-refractivity contribution >= 4 is 17.7 Å². The maximum Gasteiger partial charge on any atom is 0.230 e. The molecule has 0 spiro atoms. The number of tetrazole rings is 1. The van der Waals surface area contributed by atoms with Crippen LogP contribution >= 0.6 is 11.8 Å². The molecule has 0 aliphatic heterocycles. The van der Waals surface area contributed by atoms with E-state index in [1.807, 2.05) is 7.05 Å². The number of nitrogens with one attached hydrogen (secondary N) is 2. The number of hydrogen-bond acceptors (Lipinski definition) is 6. The van der Waals surface area contributed by atoms with Crippen molar-refractivity contribution in [3.63, 3.8) is 0 Å². The molecule has 1 aliphatic carbocycles. The van der Waals surface area contributed by atoms with Gasteiger partial charge in [-0.1, -0.05) is 24.6 Å². The van der Waals surface area contributed by atoms with Crippen LogP contribution in [0.2, 0.25) is 0 Å². The highest BCUT2D eigenvalue weighted by molar-refractivity contribution is 7.99. The molecule has 1 fully saturated rings. The third kappa shape index (κ3) is 4.46. The lowest BCUT2D eigenvalue weighted by Gasteiger charge is -2.11. The lowest BCUT2D eigenvalue weighted by Crippen LogP contribution is -2.33. The average molecular weight is 284 g/mol. The number of carbonyl (C=O) groups is 1. The van der Waals surface area contributed by atoms with Gasteiger partial charge in [-0.15, -0.1) is 5.10 Å². The third-order valence-electron chi connectivity index (χ3n) is 3.13. The standard InChI is InChI=1S/C11H20N6OS/c1-12-6-7-17-11(14-15-16-17)19-8-10(18)13-9-4-2-3-5-9/h9,12H,2-8H2,1H3,(H,13,18). The molecule has 8 heteroatoms. The molecule has 106 valence electrons. The lowest BCUT2D eigenvalue weighted by molar-refractivity contribution is -0.119. The van der Waals surface area contributed by atoms with E-state index in [4.69, 9.17) is 0 Å². The summed E-state index contributed by atoms with van der Waals surface area (Å²) in [6.45, 7) is 1.50. The van der Waals surface area contributed by atoms with Crippen LogP contribution in [0, 0.1) is 0 Å². The second-order valence-electron chi connectivity index (χ2n) is 4.63. The first-order valence-corrected chi connectivity index (χ1v) is 7.61. The summed E-state index contributed by atoms with van der Waals surface area (Å²) in [6.07, 6.45) is 4.66. The first-order chi connectivity index (χ1) is 9.29. The number of hydrogen-bond donors (Lipinski definition) is 2. The van der Waals surface area contributed by atoms with Crippen molar-refractivity contribution in [1.82, 2.24) is 30.8 Å². The van der Waals surface area contributed by atoms with Gasteiger partial charge in [0.05, 0.1) is 12.3 Å². The SMILES string of the molecule is CNCCn1nnnc1SCC(=O)NC1CCCC1. The highest BCUT2D eigenvalue weighted by Crippen LogP contribution is 2.18. The van der Waals surface area contributed by atoms with E-state index >= 15 is 0 Å². The van der Waals surface area contributed by atoms with E-state index in [9.17, 15) is 4.79 Å². The molecule has 1 amide bonds. The molecule has 1 aliphatic rings. The van der Waals surface area contributed by atoms with Crippen LogP contribution in [0.25, 0.3) is 0 Å². The van der Waals surface area contributed by atoms with Gasteiger partial charge in [0.15, 0.2) is 0 Å². The molecule has 1 heterocycles. The highest BCUT2D eigenvalue weighted by Gasteiger charge is 2.17. The molecule has 0 atom stereocenters. The fraction of sp³-hybridized carbons (Fsp3) is 0.818. The summed E-state index contributed by atoms with van der Waals surface area (Å²) in [5.74, 6) is 0.441. The van der Waals surface area contributed by atoms with E-state index in [-0.39, 0.29) is 5.91 Å². The fourth-order valence-corrected chi connectivity index (χ4v) is 2.84. The van der Waals surface area contributed by atoms with E-state index < -0.39 is 0 Å². The molecule has 0 saturated heterocycles. The molecule has 19 heavy (non-hydrogen) atoms. The zero-order valence-corrected chi connectivity index (χ0v) is 11.9. The lowest BCUT2D eigenvalue weighted by atomic mass is 10.2. The van der Waals surface area contributed by atoms with E-state index in [1.54, 1.807) is 4.68 Å². The van der Waals surface area contributed by atoms with Crippen LogP contribution in [-0.4, -0.2) is 51.5 Å². The molecular weight excluding hydrogens is 264 g/mol. The molecule has 7 nitrogen and oxygen atoms in total. The summed E-state index contributed by atoms with van der Waals surface area (Å²) in [5.41, 5.74) is 0. The topological polar surface area (TPSA) is 84.7 Å². The van der Waals surface area contributed by atoms with Crippen molar-refractivity contribution < 1.29 is 4.79 Å². The fourth-order valence-electron chi connectivity index (χ4n) is 2.13. The van der Waals surface area contributed by atoms with Gasteiger partial charge in [-0.05, 0) is 30.3 Å². The Hall–Kier alpha value is -1.15. The number of aromatic nitrogens is 4. The quantitative estimate of drug-likeness (QED) is 0.688. The number of carbonyl (C=O) groups excluding carboxylic acids is 1. The normalized spacial score (nSPS) is 15.8. The number of amides is 1. The minimum absolute atomic E-state index is 0.0695. The Morgan fingerprint density at radius 2 is 2.26 bits per heavy atom. The maximum atomic E-state index is 11.8. The molecular formula is C11H20N6OS.